The van der Waals surface area contributed by atoms with Crippen molar-refractivity contribution in [1.29, 1.82) is 0 Å². The lowest BCUT2D eigenvalue weighted by Crippen LogP contribution is -2.37. The van der Waals surface area contributed by atoms with Gasteiger partial charge in [-0.25, -0.2) is 0 Å². The summed E-state index contributed by atoms with van der Waals surface area (Å²) in [5.74, 6) is 1.90. The molecular formula is C18H28N2O. The molecule has 116 valence electrons. The lowest BCUT2D eigenvalue weighted by Gasteiger charge is -2.32. The van der Waals surface area contributed by atoms with E-state index >= 15 is 0 Å². The summed E-state index contributed by atoms with van der Waals surface area (Å²) < 4.78 is 5.50. The average Bonchev–Trinajstić information content (AvgIpc) is 3.31. The Morgan fingerprint density at radius 1 is 1.19 bits per heavy atom. The van der Waals surface area contributed by atoms with Crippen LogP contribution >= 0.6 is 0 Å². The zero-order chi connectivity index (χ0) is 14.7. The molecule has 1 aromatic carbocycles. The Balaban J connectivity index is 1.49. The standard InChI is InChI=1S/C18H28N2O/c1-14-3-6-18(21-2)16(11-14)13-20-9-7-15(8-10-20)12-19-17-4-5-17/h3,6,11,15,17,19H,4-5,7-10,12-13H2,1-2H3. The molecule has 0 aromatic heterocycles. The number of rotatable bonds is 6. The second-order valence-corrected chi connectivity index (χ2v) is 6.72. The maximum Gasteiger partial charge on any atom is 0.123 e. The number of nitrogens with one attached hydrogen (secondary N) is 1. The van der Waals surface area contributed by atoms with Crippen LogP contribution < -0.4 is 10.1 Å². The van der Waals surface area contributed by atoms with E-state index < -0.39 is 0 Å². The van der Waals surface area contributed by atoms with Crippen LogP contribution in [0, 0.1) is 12.8 Å². The predicted octanol–water partition coefficient (Wildman–Crippen LogP) is 2.97. The molecule has 0 radical (unpaired) electrons. The summed E-state index contributed by atoms with van der Waals surface area (Å²) >= 11 is 0. The van der Waals surface area contributed by atoms with Gasteiger partial charge in [-0.2, -0.15) is 0 Å². The summed E-state index contributed by atoms with van der Waals surface area (Å²) in [6.45, 7) is 6.83. The summed E-state index contributed by atoms with van der Waals surface area (Å²) in [6, 6.07) is 7.33. The quantitative estimate of drug-likeness (QED) is 0.871. The molecular weight excluding hydrogens is 260 g/mol. The molecule has 3 rings (SSSR count). The van der Waals surface area contributed by atoms with Crippen molar-refractivity contribution in [2.75, 3.05) is 26.7 Å². The number of piperidine rings is 1. The lowest BCUT2D eigenvalue weighted by atomic mass is 9.96. The summed E-state index contributed by atoms with van der Waals surface area (Å²) in [5.41, 5.74) is 2.64. The minimum Gasteiger partial charge on any atom is -0.496 e. The fraction of sp³-hybridized carbons (Fsp3) is 0.667. The van der Waals surface area contributed by atoms with Gasteiger partial charge in [-0.05, 0) is 64.2 Å². The number of hydrogen-bond donors (Lipinski definition) is 1. The summed E-state index contributed by atoms with van der Waals surface area (Å²) in [4.78, 5) is 2.57. The first-order valence-electron chi connectivity index (χ1n) is 8.34. The van der Waals surface area contributed by atoms with Gasteiger partial charge in [0.25, 0.3) is 0 Å². The van der Waals surface area contributed by atoms with Gasteiger partial charge >= 0.3 is 0 Å². The molecule has 1 heterocycles. The van der Waals surface area contributed by atoms with Crippen LogP contribution in [0.4, 0.5) is 0 Å². The molecule has 21 heavy (non-hydrogen) atoms. The van der Waals surface area contributed by atoms with Crippen LogP contribution in [0.25, 0.3) is 0 Å². The minimum absolute atomic E-state index is 0.847. The molecule has 0 bridgehead atoms. The molecule has 3 nitrogen and oxygen atoms in total. The van der Waals surface area contributed by atoms with Gasteiger partial charge < -0.3 is 10.1 Å². The number of methoxy groups -OCH3 is 1. The maximum atomic E-state index is 5.50. The van der Waals surface area contributed by atoms with Crippen molar-refractivity contribution >= 4 is 0 Å². The number of nitrogens with zero attached hydrogens (tertiary/aromatic N) is 1. The number of aryl methyl sites for hydroxylation is 1. The predicted molar refractivity (Wildman–Crippen MR) is 86.8 cm³/mol. The zero-order valence-corrected chi connectivity index (χ0v) is 13.4. The molecule has 1 saturated heterocycles. The SMILES string of the molecule is COc1ccc(C)cc1CN1CCC(CNC2CC2)CC1. The maximum absolute atomic E-state index is 5.50. The molecule has 1 aliphatic heterocycles. The number of benzene rings is 1. The first kappa shape index (κ1) is 14.9. The minimum atomic E-state index is 0.847. The molecule has 0 unspecified atom stereocenters. The monoisotopic (exact) mass is 288 g/mol. The van der Waals surface area contributed by atoms with E-state index in [1.165, 1.54) is 56.4 Å². The summed E-state index contributed by atoms with van der Waals surface area (Å²) in [7, 11) is 1.77. The van der Waals surface area contributed by atoms with Crippen molar-refractivity contribution in [1.82, 2.24) is 10.2 Å². The molecule has 0 spiro atoms. The van der Waals surface area contributed by atoms with Gasteiger partial charge in [0.15, 0.2) is 0 Å². The Bertz CT molecular complexity index is 462. The molecule has 0 amide bonds. The molecule has 1 N–H and O–H groups in total. The van der Waals surface area contributed by atoms with Crippen LogP contribution in [0.15, 0.2) is 18.2 Å². The number of ether oxygens (including phenoxy) is 1. The van der Waals surface area contributed by atoms with E-state index in [1.807, 2.05) is 0 Å². The average molecular weight is 288 g/mol. The second kappa shape index (κ2) is 6.80. The fourth-order valence-corrected chi connectivity index (χ4v) is 3.24. The Morgan fingerprint density at radius 3 is 2.62 bits per heavy atom. The molecule has 1 aliphatic carbocycles. The highest BCUT2D eigenvalue weighted by atomic mass is 16.5. The Morgan fingerprint density at radius 2 is 1.95 bits per heavy atom. The van der Waals surface area contributed by atoms with Crippen LogP contribution in [0.5, 0.6) is 5.75 Å². The normalized spacial score (nSPS) is 20.7. The first-order valence-corrected chi connectivity index (χ1v) is 8.34. The number of likely N-dealkylation sites (tertiary alicyclic amines) is 1. The molecule has 1 saturated carbocycles. The van der Waals surface area contributed by atoms with Gasteiger partial charge in [-0.1, -0.05) is 17.7 Å². The van der Waals surface area contributed by atoms with Gasteiger partial charge in [-0.3, -0.25) is 4.90 Å². The van der Waals surface area contributed by atoms with Crippen molar-refractivity contribution in [2.45, 2.75) is 45.2 Å². The zero-order valence-electron chi connectivity index (χ0n) is 13.4. The summed E-state index contributed by atoms with van der Waals surface area (Å²) in [6.07, 6.45) is 5.44. The van der Waals surface area contributed by atoms with Gasteiger partial charge in [-0.15, -0.1) is 0 Å². The third-order valence-corrected chi connectivity index (χ3v) is 4.81. The van der Waals surface area contributed by atoms with Crippen LogP contribution in [0.1, 0.15) is 36.8 Å². The van der Waals surface area contributed by atoms with E-state index in [2.05, 4.69) is 35.3 Å². The van der Waals surface area contributed by atoms with E-state index in [9.17, 15) is 0 Å². The second-order valence-electron chi connectivity index (χ2n) is 6.72. The van der Waals surface area contributed by atoms with Crippen LogP contribution in [-0.4, -0.2) is 37.7 Å². The van der Waals surface area contributed by atoms with Crippen LogP contribution in [0.3, 0.4) is 0 Å². The first-order chi connectivity index (χ1) is 10.2. The van der Waals surface area contributed by atoms with Gasteiger partial charge in [0.2, 0.25) is 0 Å². The fourth-order valence-electron chi connectivity index (χ4n) is 3.24. The van der Waals surface area contributed by atoms with E-state index in [4.69, 9.17) is 4.74 Å². The largest absolute Gasteiger partial charge is 0.496 e. The molecule has 2 aliphatic rings. The lowest BCUT2D eigenvalue weighted by molar-refractivity contribution is 0.173. The number of hydrogen-bond acceptors (Lipinski definition) is 3. The molecule has 2 fully saturated rings. The van der Waals surface area contributed by atoms with E-state index in [-0.39, 0.29) is 0 Å². The van der Waals surface area contributed by atoms with Crippen LogP contribution in [-0.2, 0) is 6.54 Å². The van der Waals surface area contributed by atoms with Gasteiger partial charge in [0, 0.05) is 18.2 Å². The highest BCUT2D eigenvalue weighted by Gasteiger charge is 2.24. The van der Waals surface area contributed by atoms with Crippen LogP contribution in [0.2, 0.25) is 0 Å². The Labute approximate surface area is 128 Å². The van der Waals surface area contributed by atoms with E-state index in [0.29, 0.717) is 0 Å². The molecule has 1 aromatic rings. The molecule has 3 heteroatoms. The third-order valence-electron chi connectivity index (χ3n) is 4.81. The van der Waals surface area contributed by atoms with E-state index in [0.717, 1.165) is 24.3 Å². The van der Waals surface area contributed by atoms with Crippen molar-refractivity contribution in [3.05, 3.63) is 29.3 Å². The highest BCUT2D eigenvalue weighted by Crippen LogP contribution is 2.25. The topological polar surface area (TPSA) is 24.5 Å². The summed E-state index contributed by atoms with van der Waals surface area (Å²) in [5, 5.41) is 3.68. The van der Waals surface area contributed by atoms with Gasteiger partial charge in [0.05, 0.1) is 7.11 Å². The van der Waals surface area contributed by atoms with Crippen molar-refractivity contribution in [2.24, 2.45) is 5.92 Å². The van der Waals surface area contributed by atoms with Crippen molar-refractivity contribution in [3.8, 4) is 5.75 Å². The molecule has 0 atom stereocenters. The van der Waals surface area contributed by atoms with Crippen molar-refractivity contribution < 1.29 is 4.74 Å². The Hall–Kier alpha value is -1.06. The van der Waals surface area contributed by atoms with Gasteiger partial charge in [0.1, 0.15) is 5.75 Å². The third kappa shape index (κ3) is 4.21. The Kier molecular flexibility index (Phi) is 4.81. The van der Waals surface area contributed by atoms with Crippen molar-refractivity contribution in [3.63, 3.8) is 0 Å². The smallest absolute Gasteiger partial charge is 0.123 e. The highest BCUT2D eigenvalue weighted by molar-refractivity contribution is 5.36. The van der Waals surface area contributed by atoms with E-state index in [1.54, 1.807) is 7.11 Å².